The van der Waals surface area contributed by atoms with Crippen LogP contribution in [0.25, 0.3) is 16.9 Å². The summed E-state index contributed by atoms with van der Waals surface area (Å²) in [5.74, 6) is -2.27. The van der Waals surface area contributed by atoms with Crippen molar-refractivity contribution in [1.29, 1.82) is 0 Å². The third-order valence-electron chi connectivity index (χ3n) is 4.11. The number of hydrogen-bond donors (Lipinski definition) is 0. The van der Waals surface area contributed by atoms with Crippen molar-refractivity contribution in [3.63, 3.8) is 0 Å². The molecule has 0 aliphatic carbocycles. The quantitative estimate of drug-likeness (QED) is 0.479. The lowest BCUT2D eigenvalue weighted by Crippen LogP contribution is -2.25. The summed E-state index contributed by atoms with van der Waals surface area (Å²) < 4.78 is 45.2. The van der Waals surface area contributed by atoms with Gasteiger partial charge in [-0.3, -0.25) is 4.79 Å². The number of alkyl halides is 3. The second-order valence-corrected chi connectivity index (χ2v) is 6.23. The molecule has 0 N–H and O–H groups in total. The third kappa shape index (κ3) is 3.53. The molecule has 0 spiro atoms. The summed E-state index contributed by atoms with van der Waals surface area (Å²) in [6.45, 7) is 0. The van der Waals surface area contributed by atoms with Crippen LogP contribution in [0.15, 0.2) is 42.7 Å². The minimum absolute atomic E-state index is 0.173. The maximum atomic E-state index is 12.7. The predicted molar refractivity (Wildman–Crippen MR) is 94.7 cm³/mol. The van der Waals surface area contributed by atoms with Crippen LogP contribution in [0.1, 0.15) is 20.8 Å². The fourth-order valence-corrected chi connectivity index (χ4v) is 2.87. The van der Waals surface area contributed by atoms with E-state index in [4.69, 9.17) is 11.6 Å². The van der Waals surface area contributed by atoms with Crippen molar-refractivity contribution >= 4 is 23.4 Å². The molecule has 0 amide bonds. The smallest absolute Gasteiger partial charge is 0.456 e. The number of aromatic nitrogens is 3. The van der Waals surface area contributed by atoms with Gasteiger partial charge in [0.1, 0.15) is 5.82 Å². The van der Waals surface area contributed by atoms with Gasteiger partial charge in [-0.25, -0.2) is 9.48 Å². The van der Waals surface area contributed by atoms with E-state index in [1.807, 2.05) is 0 Å². The summed E-state index contributed by atoms with van der Waals surface area (Å²) >= 11 is 6.00. The fourth-order valence-electron chi connectivity index (χ4n) is 2.67. The summed E-state index contributed by atoms with van der Waals surface area (Å²) in [7, 11) is 2.58. The number of halogens is 4. The van der Waals surface area contributed by atoms with E-state index in [1.165, 1.54) is 43.2 Å². The van der Waals surface area contributed by atoms with E-state index >= 15 is 0 Å². The number of ether oxygens (including phenoxy) is 1. The molecule has 0 radical (unpaired) electrons. The molecule has 146 valence electrons. The van der Waals surface area contributed by atoms with E-state index in [9.17, 15) is 22.8 Å². The van der Waals surface area contributed by atoms with Crippen LogP contribution in [-0.2, 0) is 11.8 Å². The zero-order valence-electron chi connectivity index (χ0n) is 14.6. The Morgan fingerprint density at radius 2 is 1.86 bits per heavy atom. The maximum absolute atomic E-state index is 12.7. The van der Waals surface area contributed by atoms with Crippen molar-refractivity contribution in [2.45, 2.75) is 6.18 Å². The number of methoxy groups -OCH3 is 1. The minimum atomic E-state index is -4.97. The number of ketones is 1. The molecular weight excluding hydrogens is 399 g/mol. The highest BCUT2D eigenvalue weighted by atomic mass is 35.5. The van der Waals surface area contributed by atoms with Crippen LogP contribution in [0, 0.1) is 0 Å². The molecule has 0 saturated carbocycles. The number of Topliss-reactive ketones (excluding diaryl/α,β-unsaturated/α-hetero) is 1. The van der Waals surface area contributed by atoms with Gasteiger partial charge < -0.3 is 9.30 Å². The lowest BCUT2D eigenvalue weighted by atomic mass is 10.1. The van der Waals surface area contributed by atoms with Crippen LogP contribution in [0.2, 0.25) is 5.02 Å². The normalized spacial score (nSPS) is 11.5. The van der Waals surface area contributed by atoms with E-state index in [2.05, 4.69) is 9.84 Å². The average molecular weight is 412 g/mol. The Hall–Kier alpha value is -3.07. The second-order valence-electron chi connectivity index (χ2n) is 5.82. The number of nitrogens with zero attached hydrogens (tertiary/aromatic N) is 3. The number of carbonyl (C=O) groups is 2. The SMILES string of the molecule is COC(=O)c1cc(-c2cnn(-c3ccc(C(=O)C(F)(F)F)n3C)c2)ccc1Cl. The maximum Gasteiger partial charge on any atom is 0.456 e. The first-order chi connectivity index (χ1) is 13.1. The lowest BCUT2D eigenvalue weighted by molar-refractivity contribution is -0.0890. The van der Waals surface area contributed by atoms with Gasteiger partial charge in [-0.2, -0.15) is 18.3 Å². The van der Waals surface area contributed by atoms with Crippen LogP contribution in [0.3, 0.4) is 0 Å². The van der Waals surface area contributed by atoms with Gasteiger partial charge >= 0.3 is 12.1 Å². The molecule has 10 heteroatoms. The Kier molecular flexibility index (Phi) is 5.03. The molecule has 2 aromatic heterocycles. The van der Waals surface area contributed by atoms with E-state index in [-0.39, 0.29) is 16.4 Å². The summed E-state index contributed by atoms with van der Waals surface area (Å²) in [5, 5.41) is 4.35. The van der Waals surface area contributed by atoms with Crippen molar-refractivity contribution in [2.75, 3.05) is 7.11 Å². The summed E-state index contributed by atoms with van der Waals surface area (Å²) in [4.78, 5) is 23.3. The fraction of sp³-hybridized carbons (Fsp3) is 0.167. The van der Waals surface area contributed by atoms with E-state index in [1.54, 1.807) is 12.3 Å². The summed E-state index contributed by atoms with van der Waals surface area (Å²) in [6.07, 6.45) is -1.93. The monoisotopic (exact) mass is 411 g/mol. The molecule has 0 atom stereocenters. The third-order valence-corrected chi connectivity index (χ3v) is 4.44. The highest BCUT2D eigenvalue weighted by Gasteiger charge is 2.41. The van der Waals surface area contributed by atoms with Crippen molar-refractivity contribution < 1.29 is 27.5 Å². The van der Waals surface area contributed by atoms with Crippen LogP contribution in [0.4, 0.5) is 13.2 Å². The van der Waals surface area contributed by atoms with Crippen molar-refractivity contribution in [3.8, 4) is 16.9 Å². The Morgan fingerprint density at radius 3 is 2.50 bits per heavy atom. The molecule has 0 bridgehead atoms. The first-order valence-corrected chi connectivity index (χ1v) is 8.22. The Bertz CT molecular complexity index is 1070. The number of rotatable bonds is 4. The van der Waals surface area contributed by atoms with Crippen LogP contribution in [-0.4, -0.2) is 39.4 Å². The van der Waals surface area contributed by atoms with E-state index in [0.717, 1.165) is 10.6 Å². The molecule has 0 fully saturated rings. The first-order valence-electron chi connectivity index (χ1n) is 7.84. The average Bonchev–Trinajstić information content (AvgIpc) is 3.26. The molecule has 3 aromatic rings. The molecule has 1 aromatic carbocycles. The van der Waals surface area contributed by atoms with Gasteiger partial charge in [0.05, 0.1) is 29.6 Å². The van der Waals surface area contributed by atoms with Crippen LogP contribution >= 0.6 is 11.6 Å². The Labute approximate surface area is 162 Å². The minimum Gasteiger partial charge on any atom is -0.465 e. The summed E-state index contributed by atoms with van der Waals surface area (Å²) in [6, 6.07) is 7.17. The zero-order valence-corrected chi connectivity index (χ0v) is 15.4. The number of esters is 1. The predicted octanol–water partition coefficient (Wildman–Crippen LogP) is 4.06. The topological polar surface area (TPSA) is 66.1 Å². The van der Waals surface area contributed by atoms with Gasteiger partial charge in [-0.05, 0) is 29.8 Å². The van der Waals surface area contributed by atoms with Gasteiger partial charge in [-0.1, -0.05) is 17.7 Å². The van der Waals surface area contributed by atoms with E-state index in [0.29, 0.717) is 11.1 Å². The van der Waals surface area contributed by atoms with E-state index < -0.39 is 23.6 Å². The van der Waals surface area contributed by atoms with Crippen molar-refractivity contribution in [2.24, 2.45) is 7.05 Å². The highest BCUT2D eigenvalue weighted by Crippen LogP contribution is 2.27. The molecule has 28 heavy (non-hydrogen) atoms. The Balaban J connectivity index is 1.97. The first kappa shape index (κ1) is 19.7. The molecule has 0 aliphatic heterocycles. The zero-order chi connectivity index (χ0) is 20.6. The van der Waals surface area contributed by atoms with Crippen molar-refractivity contribution in [1.82, 2.24) is 14.3 Å². The molecule has 3 rings (SSSR count). The van der Waals surface area contributed by atoms with Gasteiger partial charge in [0.15, 0.2) is 0 Å². The van der Waals surface area contributed by atoms with Crippen LogP contribution < -0.4 is 0 Å². The standard InChI is InChI=1S/C18H13ClF3N3O3/c1-24-14(16(26)18(20,21)22)5-6-15(24)25-9-11(8-23-25)10-3-4-13(19)12(7-10)17(27)28-2/h3-9H,1-2H3. The number of benzene rings is 1. The second kappa shape index (κ2) is 7.16. The highest BCUT2D eigenvalue weighted by molar-refractivity contribution is 6.33. The Morgan fingerprint density at radius 1 is 1.14 bits per heavy atom. The number of carbonyl (C=O) groups excluding carboxylic acids is 2. The van der Waals surface area contributed by atoms with Gasteiger partial charge in [-0.15, -0.1) is 0 Å². The largest absolute Gasteiger partial charge is 0.465 e. The van der Waals surface area contributed by atoms with Crippen molar-refractivity contribution in [3.05, 3.63) is 59.0 Å². The van der Waals surface area contributed by atoms with Gasteiger partial charge in [0, 0.05) is 18.8 Å². The number of hydrogen-bond acceptors (Lipinski definition) is 4. The lowest BCUT2D eigenvalue weighted by Gasteiger charge is -2.09. The molecule has 0 saturated heterocycles. The molecular formula is C18H13ClF3N3O3. The van der Waals surface area contributed by atoms with Gasteiger partial charge in [0.2, 0.25) is 0 Å². The summed E-state index contributed by atoms with van der Waals surface area (Å²) in [5.41, 5.74) is 0.869. The molecule has 2 heterocycles. The van der Waals surface area contributed by atoms with Crippen LogP contribution in [0.5, 0.6) is 0 Å². The molecule has 0 aliphatic rings. The van der Waals surface area contributed by atoms with Gasteiger partial charge in [0.25, 0.3) is 5.78 Å². The molecule has 6 nitrogen and oxygen atoms in total. The molecule has 0 unspecified atom stereocenters.